The van der Waals surface area contributed by atoms with Gasteiger partial charge in [0.1, 0.15) is 0 Å². The summed E-state index contributed by atoms with van der Waals surface area (Å²) in [5.41, 5.74) is 3.54. The fraction of sp³-hybridized carbons (Fsp3) is 0.333. The molecule has 0 spiro atoms. The number of aryl methyl sites for hydroxylation is 1. The van der Waals surface area contributed by atoms with Crippen molar-refractivity contribution in [2.75, 3.05) is 0 Å². The maximum Gasteiger partial charge on any atom is 0.310 e. The number of benzene rings is 1. The molecule has 0 amide bonds. The Hall–Kier alpha value is -1.81. The van der Waals surface area contributed by atoms with Gasteiger partial charge in [0.05, 0.1) is 18.2 Å². The van der Waals surface area contributed by atoms with E-state index in [9.17, 15) is 4.79 Å². The summed E-state index contributed by atoms with van der Waals surface area (Å²) in [6, 6.07) is 7.56. The molecule has 5 heteroatoms. The van der Waals surface area contributed by atoms with Gasteiger partial charge >= 0.3 is 5.97 Å². The summed E-state index contributed by atoms with van der Waals surface area (Å²) in [6.45, 7) is 6.05. The van der Waals surface area contributed by atoms with Crippen LogP contribution in [-0.2, 0) is 11.3 Å². The van der Waals surface area contributed by atoms with E-state index in [0.717, 1.165) is 22.5 Å². The Bertz CT molecular complexity index is 632. The normalized spacial score (nSPS) is 12.4. The van der Waals surface area contributed by atoms with Crippen LogP contribution in [0.4, 0.5) is 0 Å². The molecule has 2 rings (SSSR count). The van der Waals surface area contributed by atoms with E-state index in [1.807, 2.05) is 42.8 Å². The molecular weight excluding hydrogens is 276 g/mol. The van der Waals surface area contributed by atoms with E-state index in [1.165, 1.54) is 0 Å². The molecule has 0 bridgehead atoms. The van der Waals surface area contributed by atoms with Crippen LogP contribution in [0.1, 0.15) is 35.4 Å². The number of carboxylic acid groups (broad SMARTS) is 1. The van der Waals surface area contributed by atoms with Crippen LogP contribution in [0.15, 0.2) is 24.3 Å². The van der Waals surface area contributed by atoms with Gasteiger partial charge in [0.25, 0.3) is 0 Å². The van der Waals surface area contributed by atoms with Crippen molar-refractivity contribution in [3.8, 4) is 0 Å². The highest BCUT2D eigenvalue weighted by Gasteiger charge is 2.22. The third-order valence-electron chi connectivity index (χ3n) is 3.49. The zero-order chi connectivity index (χ0) is 14.9. The van der Waals surface area contributed by atoms with E-state index >= 15 is 0 Å². The average molecular weight is 293 g/mol. The molecule has 0 radical (unpaired) electrons. The largest absolute Gasteiger partial charge is 0.481 e. The monoisotopic (exact) mass is 292 g/mol. The standard InChI is InChI=1S/C15H17ClN2O2/c1-9(15(19)20)14-10(2)17-18(11(14)3)8-12-4-6-13(16)7-5-12/h4-7,9H,8H2,1-3H3,(H,19,20). The molecule has 0 aliphatic rings. The Balaban J connectivity index is 2.32. The minimum atomic E-state index is -0.831. The summed E-state index contributed by atoms with van der Waals surface area (Å²) >= 11 is 5.86. The Kier molecular flexibility index (Phi) is 4.14. The molecule has 1 atom stereocenters. The van der Waals surface area contributed by atoms with Crippen LogP contribution in [0.5, 0.6) is 0 Å². The van der Waals surface area contributed by atoms with Gasteiger partial charge in [-0.3, -0.25) is 9.48 Å². The number of hydrogen-bond donors (Lipinski definition) is 1. The minimum absolute atomic E-state index is 0.547. The number of halogens is 1. The van der Waals surface area contributed by atoms with E-state index in [-0.39, 0.29) is 0 Å². The van der Waals surface area contributed by atoms with E-state index in [1.54, 1.807) is 6.92 Å². The van der Waals surface area contributed by atoms with E-state index in [0.29, 0.717) is 11.6 Å². The smallest absolute Gasteiger partial charge is 0.310 e. The summed E-state index contributed by atoms with van der Waals surface area (Å²) in [6.07, 6.45) is 0. The molecule has 1 aromatic carbocycles. The van der Waals surface area contributed by atoms with Gasteiger partial charge in [-0.1, -0.05) is 23.7 Å². The second kappa shape index (κ2) is 5.67. The number of aliphatic carboxylic acids is 1. The van der Waals surface area contributed by atoms with Gasteiger partial charge in [0.15, 0.2) is 0 Å². The van der Waals surface area contributed by atoms with Crippen molar-refractivity contribution >= 4 is 17.6 Å². The van der Waals surface area contributed by atoms with Crippen molar-refractivity contribution in [1.82, 2.24) is 9.78 Å². The summed E-state index contributed by atoms with van der Waals surface area (Å²) in [4.78, 5) is 11.2. The number of aromatic nitrogens is 2. The highest BCUT2D eigenvalue weighted by molar-refractivity contribution is 6.30. The fourth-order valence-electron chi connectivity index (χ4n) is 2.38. The van der Waals surface area contributed by atoms with Crippen LogP contribution in [0.25, 0.3) is 0 Å². The number of carbonyl (C=O) groups is 1. The van der Waals surface area contributed by atoms with Crippen molar-refractivity contribution < 1.29 is 9.90 Å². The van der Waals surface area contributed by atoms with E-state index in [2.05, 4.69) is 5.10 Å². The quantitative estimate of drug-likeness (QED) is 0.940. The molecular formula is C15H17ClN2O2. The van der Waals surface area contributed by atoms with Crippen LogP contribution in [0.3, 0.4) is 0 Å². The van der Waals surface area contributed by atoms with Crippen LogP contribution in [-0.4, -0.2) is 20.9 Å². The van der Waals surface area contributed by atoms with Gasteiger partial charge in [0.2, 0.25) is 0 Å². The number of carboxylic acids is 1. The first-order valence-corrected chi connectivity index (χ1v) is 6.79. The Labute approximate surface area is 123 Å². The lowest BCUT2D eigenvalue weighted by Crippen LogP contribution is -2.10. The summed E-state index contributed by atoms with van der Waals surface area (Å²) in [5, 5.41) is 14.3. The van der Waals surface area contributed by atoms with Crippen LogP contribution in [0, 0.1) is 13.8 Å². The van der Waals surface area contributed by atoms with Crippen molar-refractivity contribution in [2.24, 2.45) is 0 Å². The van der Waals surface area contributed by atoms with Crippen molar-refractivity contribution in [1.29, 1.82) is 0 Å². The van der Waals surface area contributed by atoms with Crippen LogP contribution < -0.4 is 0 Å². The van der Waals surface area contributed by atoms with Gasteiger partial charge in [-0.25, -0.2) is 0 Å². The molecule has 106 valence electrons. The maximum atomic E-state index is 11.2. The van der Waals surface area contributed by atoms with Gasteiger partial charge in [0, 0.05) is 16.3 Å². The lowest BCUT2D eigenvalue weighted by molar-refractivity contribution is -0.138. The zero-order valence-electron chi connectivity index (χ0n) is 11.7. The maximum absolute atomic E-state index is 11.2. The number of nitrogens with zero attached hydrogens (tertiary/aromatic N) is 2. The van der Waals surface area contributed by atoms with Crippen LogP contribution in [0.2, 0.25) is 5.02 Å². The van der Waals surface area contributed by atoms with Crippen molar-refractivity contribution in [3.63, 3.8) is 0 Å². The Morgan fingerprint density at radius 1 is 1.35 bits per heavy atom. The molecule has 0 aliphatic carbocycles. The molecule has 0 saturated heterocycles. The lowest BCUT2D eigenvalue weighted by Gasteiger charge is -2.08. The predicted octanol–water partition coefficient (Wildman–Crippen LogP) is 3.39. The average Bonchev–Trinajstić information content (AvgIpc) is 2.66. The molecule has 1 unspecified atom stereocenters. The highest BCUT2D eigenvalue weighted by Crippen LogP contribution is 2.24. The minimum Gasteiger partial charge on any atom is -0.481 e. The Morgan fingerprint density at radius 3 is 2.50 bits per heavy atom. The topological polar surface area (TPSA) is 55.1 Å². The third kappa shape index (κ3) is 2.85. The van der Waals surface area contributed by atoms with Gasteiger partial charge in [-0.15, -0.1) is 0 Å². The second-order valence-electron chi connectivity index (χ2n) is 4.93. The summed E-state index contributed by atoms with van der Waals surface area (Å²) < 4.78 is 1.84. The zero-order valence-corrected chi connectivity index (χ0v) is 12.5. The van der Waals surface area contributed by atoms with Crippen molar-refractivity contribution in [2.45, 2.75) is 33.2 Å². The summed E-state index contributed by atoms with van der Waals surface area (Å²) in [5.74, 6) is -1.38. The van der Waals surface area contributed by atoms with Crippen molar-refractivity contribution in [3.05, 3.63) is 51.8 Å². The first kappa shape index (κ1) is 14.6. The summed E-state index contributed by atoms with van der Waals surface area (Å²) in [7, 11) is 0. The first-order valence-electron chi connectivity index (χ1n) is 6.41. The van der Waals surface area contributed by atoms with Crippen LogP contribution >= 0.6 is 11.6 Å². The molecule has 1 heterocycles. The molecule has 0 fully saturated rings. The third-order valence-corrected chi connectivity index (χ3v) is 3.74. The molecule has 4 nitrogen and oxygen atoms in total. The molecule has 1 aromatic heterocycles. The van der Waals surface area contributed by atoms with E-state index < -0.39 is 11.9 Å². The van der Waals surface area contributed by atoms with Gasteiger partial charge in [-0.2, -0.15) is 5.10 Å². The van der Waals surface area contributed by atoms with E-state index in [4.69, 9.17) is 16.7 Å². The molecule has 1 N–H and O–H groups in total. The lowest BCUT2D eigenvalue weighted by atomic mass is 9.99. The number of hydrogen-bond acceptors (Lipinski definition) is 2. The van der Waals surface area contributed by atoms with Gasteiger partial charge < -0.3 is 5.11 Å². The number of rotatable bonds is 4. The SMILES string of the molecule is Cc1nn(Cc2ccc(Cl)cc2)c(C)c1C(C)C(=O)O. The first-order chi connectivity index (χ1) is 9.40. The molecule has 0 aliphatic heterocycles. The predicted molar refractivity (Wildman–Crippen MR) is 78.3 cm³/mol. The molecule has 20 heavy (non-hydrogen) atoms. The highest BCUT2D eigenvalue weighted by atomic mass is 35.5. The fourth-order valence-corrected chi connectivity index (χ4v) is 2.50. The molecule has 2 aromatic rings. The van der Waals surface area contributed by atoms with Gasteiger partial charge in [-0.05, 0) is 38.5 Å². The molecule has 0 saturated carbocycles. The Morgan fingerprint density at radius 2 is 1.95 bits per heavy atom. The second-order valence-corrected chi connectivity index (χ2v) is 5.36.